The molecular formula is C15H20BrN5OS2. The van der Waals surface area contributed by atoms with Crippen molar-refractivity contribution in [2.24, 2.45) is 0 Å². The highest BCUT2D eigenvalue weighted by atomic mass is 79.9. The third-order valence-electron chi connectivity index (χ3n) is 3.33. The summed E-state index contributed by atoms with van der Waals surface area (Å²) in [4.78, 5) is 13.8. The normalized spacial score (nSPS) is 10.8. The van der Waals surface area contributed by atoms with Gasteiger partial charge in [-0.3, -0.25) is 4.79 Å². The Morgan fingerprint density at radius 2 is 1.92 bits per heavy atom. The summed E-state index contributed by atoms with van der Waals surface area (Å²) in [6, 6.07) is 8.09. The minimum atomic E-state index is 0.0799. The molecule has 0 bridgehead atoms. The number of hydrogen-bond acceptors (Lipinski definition) is 6. The van der Waals surface area contributed by atoms with Crippen LogP contribution in [0.5, 0.6) is 0 Å². The molecule has 0 unspecified atom stereocenters. The van der Waals surface area contributed by atoms with Gasteiger partial charge >= 0.3 is 0 Å². The standard InChI is InChI=1S/C15H20BrN5OS2/c1-3-20(4-2)13(22)10-24-15-19-18-14(21(15)17)23-9-11-6-5-7-12(16)8-11/h5-8H,3-4,9-10,17H2,1-2H3. The van der Waals surface area contributed by atoms with E-state index in [2.05, 4.69) is 32.2 Å². The lowest BCUT2D eigenvalue weighted by molar-refractivity contribution is -0.127. The molecule has 0 fully saturated rings. The van der Waals surface area contributed by atoms with Crippen LogP contribution in [0.3, 0.4) is 0 Å². The van der Waals surface area contributed by atoms with Crippen LogP contribution in [0.15, 0.2) is 39.1 Å². The number of carbonyl (C=O) groups is 1. The van der Waals surface area contributed by atoms with Crippen LogP contribution in [0.2, 0.25) is 0 Å². The van der Waals surface area contributed by atoms with Gasteiger partial charge < -0.3 is 10.7 Å². The highest BCUT2D eigenvalue weighted by Gasteiger charge is 2.15. The van der Waals surface area contributed by atoms with Gasteiger partial charge in [0.2, 0.25) is 16.2 Å². The first-order valence-corrected chi connectivity index (χ1v) is 10.3. The van der Waals surface area contributed by atoms with Gasteiger partial charge in [-0.05, 0) is 31.5 Å². The maximum absolute atomic E-state index is 12.0. The van der Waals surface area contributed by atoms with E-state index >= 15 is 0 Å². The number of carbonyl (C=O) groups excluding carboxylic acids is 1. The zero-order valence-corrected chi connectivity index (χ0v) is 16.8. The molecule has 2 N–H and O–H groups in total. The van der Waals surface area contributed by atoms with E-state index in [-0.39, 0.29) is 5.91 Å². The average Bonchev–Trinajstić information content (AvgIpc) is 2.92. The lowest BCUT2D eigenvalue weighted by Crippen LogP contribution is -2.32. The number of thioether (sulfide) groups is 2. The van der Waals surface area contributed by atoms with Gasteiger partial charge in [-0.1, -0.05) is 51.6 Å². The summed E-state index contributed by atoms with van der Waals surface area (Å²) in [5.74, 6) is 7.18. The van der Waals surface area contributed by atoms with Gasteiger partial charge in [0.1, 0.15) is 0 Å². The second-order valence-corrected chi connectivity index (χ2v) is 7.71. The van der Waals surface area contributed by atoms with Gasteiger partial charge in [-0.15, -0.1) is 10.2 Å². The fraction of sp³-hybridized carbons (Fsp3) is 0.400. The number of nitrogens with two attached hydrogens (primary N) is 1. The summed E-state index contributed by atoms with van der Waals surface area (Å²) in [5.41, 5.74) is 1.17. The van der Waals surface area contributed by atoms with Gasteiger partial charge in [0, 0.05) is 23.3 Å². The van der Waals surface area contributed by atoms with E-state index in [1.54, 1.807) is 4.90 Å². The van der Waals surface area contributed by atoms with Crippen molar-refractivity contribution in [2.75, 3.05) is 24.7 Å². The molecule has 1 aromatic heterocycles. The lowest BCUT2D eigenvalue weighted by Gasteiger charge is -2.17. The lowest BCUT2D eigenvalue weighted by atomic mass is 10.2. The number of benzene rings is 1. The first-order chi connectivity index (χ1) is 11.5. The number of amides is 1. The first kappa shape index (κ1) is 19.1. The molecule has 6 nitrogen and oxygen atoms in total. The Balaban J connectivity index is 1.92. The molecule has 2 aromatic rings. The van der Waals surface area contributed by atoms with E-state index in [1.165, 1.54) is 33.8 Å². The molecule has 0 radical (unpaired) electrons. The Morgan fingerprint density at radius 3 is 2.54 bits per heavy atom. The summed E-state index contributed by atoms with van der Waals surface area (Å²) in [6.45, 7) is 5.35. The Bertz CT molecular complexity index is 690. The molecule has 0 aliphatic rings. The van der Waals surface area contributed by atoms with Crippen molar-refractivity contribution in [1.82, 2.24) is 19.8 Å². The minimum absolute atomic E-state index is 0.0799. The molecule has 1 aromatic carbocycles. The van der Waals surface area contributed by atoms with Crippen molar-refractivity contribution in [3.8, 4) is 0 Å². The van der Waals surface area contributed by atoms with Crippen LogP contribution >= 0.6 is 39.5 Å². The largest absolute Gasteiger partial charge is 0.343 e. The fourth-order valence-corrected chi connectivity index (χ4v) is 4.09. The van der Waals surface area contributed by atoms with Crippen LogP contribution in [-0.4, -0.2) is 44.5 Å². The third kappa shape index (κ3) is 5.15. The molecule has 0 spiro atoms. The van der Waals surface area contributed by atoms with Gasteiger partial charge in [-0.25, -0.2) is 4.68 Å². The molecule has 0 saturated heterocycles. The molecule has 130 valence electrons. The van der Waals surface area contributed by atoms with E-state index in [1.807, 2.05) is 32.0 Å². The zero-order valence-electron chi connectivity index (χ0n) is 13.6. The highest BCUT2D eigenvalue weighted by molar-refractivity contribution is 9.10. The van der Waals surface area contributed by atoms with Gasteiger partial charge in [-0.2, -0.15) is 0 Å². The molecule has 24 heavy (non-hydrogen) atoms. The maximum Gasteiger partial charge on any atom is 0.233 e. The molecule has 0 aliphatic carbocycles. The van der Waals surface area contributed by atoms with Crippen molar-refractivity contribution in [3.05, 3.63) is 34.3 Å². The quantitative estimate of drug-likeness (QED) is 0.513. The van der Waals surface area contributed by atoms with Crippen molar-refractivity contribution in [1.29, 1.82) is 0 Å². The Labute approximate surface area is 158 Å². The summed E-state index contributed by atoms with van der Waals surface area (Å²) in [5, 5.41) is 9.37. The minimum Gasteiger partial charge on any atom is -0.343 e. The Hall–Kier alpha value is -1.19. The van der Waals surface area contributed by atoms with E-state index in [0.717, 1.165) is 10.2 Å². The number of nitrogens with zero attached hydrogens (tertiary/aromatic N) is 4. The predicted molar refractivity (Wildman–Crippen MR) is 103 cm³/mol. The second kappa shape index (κ2) is 9.33. The van der Waals surface area contributed by atoms with E-state index in [4.69, 9.17) is 5.84 Å². The molecule has 0 atom stereocenters. The Morgan fingerprint density at radius 1 is 1.25 bits per heavy atom. The molecule has 9 heteroatoms. The van der Waals surface area contributed by atoms with E-state index < -0.39 is 0 Å². The molecule has 0 aliphatic heterocycles. The topological polar surface area (TPSA) is 77.0 Å². The summed E-state index contributed by atoms with van der Waals surface area (Å²) in [6.07, 6.45) is 0. The van der Waals surface area contributed by atoms with Crippen LogP contribution in [0.25, 0.3) is 0 Å². The van der Waals surface area contributed by atoms with E-state index in [0.29, 0.717) is 29.2 Å². The molecule has 2 rings (SSSR count). The summed E-state index contributed by atoms with van der Waals surface area (Å²) >= 11 is 6.28. The van der Waals surface area contributed by atoms with E-state index in [9.17, 15) is 4.79 Å². The number of aromatic nitrogens is 3. The predicted octanol–water partition coefficient (Wildman–Crippen LogP) is 3.01. The fourth-order valence-electron chi connectivity index (χ4n) is 2.03. The van der Waals surface area contributed by atoms with Crippen molar-refractivity contribution in [2.45, 2.75) is 29.9 Å². The highest BCUT2D eigenvalue weighted by Crippen LogP contribution is 2.25. The molecule has 0 saturated carbocycles. The number of nitrogen functional groups attached to an aromatic ring is 1. The van der Waals surface area contributed by atoms with Gasteiger partial charge in [0.25, 0.3) is 0 Å². The van der Waals surface area contributed by atoms with Crippen LogP contribution in [0.1, 0.15) is 19.4 Å². The average molecular weight is 430 g/mol. The van der Waals surface area contributed by atoms with Crippen LogP contribution < -0.4 is 5.84 Å². The van der Waals surface area contributed by atoms with Crippen molar-refractivity contribution >= 4 is 45.4 Å². The monoisotopic (exact) mass is 429 g/mol. The summed E-state index contributed by atoms with van der Waals surface area (Å²) < 4.78 is 2.49. The molecular weight excluding hydrogens is 410 g/mol. The number of hydrogen-bond donors (Lipinski definition) is 1. The number of halogens is 1. The summed E-state index contributed by atoms with van der Waals surface area (Å²) in [7, 11) is 0. The van der Waals surface area contributed by atoms with Crippen molar-refractivity contribution in [3.63, 3.8) is 0 Å². The van der Waals surface area contributed by atoms with Crippen LogP contribution in [-0.2, 0) is 10.5 Å². The molecule has 1 heterocycles. The third-order valence-corrected chi connectivity index (χ3v) is 5.77. The zero-order chi connectivity index (χ0) is 17.5. The smallest absolute Gasteiger partial charge is 0.233 e. The van der Waals surface area contributed by atoms with Crippen LogP contribution in [0, 0.1) is 0 Å². The molecule has 1 amide bonds. The maximum atomic E-state index is 12.0. The number of rotatable bonds is 8. The van der Waals surface area contributed by atoms with Crippen molar-refractivity contribution < 1.29 is 4.79 Å². The second-order valence-electron chi connectivity index (χ2n) is 4.91. The SMILES string of the molecule is CCN(CC)C(=O)CSc1nnc(SCc2cccc(Br)c2)n1N. The van der Waals surface area contributed by atoms with Gasteiger partial charge in [0.05, 0.1) is 5.75 Å². The first-order valence-electron chi connectivity index (χ1n) is 7.53. The van der Waals surface area contributed by atoms with Gasteiger partial charge in [0.15, 0.2) is 0 Å². The Kier molecular flexibility index (Phi) is 7.44. The van der Waals surface area contributed by atoms with Crippen LogP contribution in [0.4, 0.5) is 0 Å².